The monoisotopic (exact) mass is 407 g/mol. The Labute approximate surface area is 173 Å². The van der Waals surface area contributed by atoms with Crippen LogP contribution in [0.4, 0.5) is 5.69 Å². The van der Waals surface area contributed by atoms with Gasteiger partial charge in [0.2, 0.25) is 5.78 Å². The molecule has 3 aromatic rings. The molecule has 0 unspecified atom stereocenters. The van der Waals surface area contributed by atoms with Crippen LogP contribution in [0.1, 0.15) is 27.2 Å². The van der Waals surface area contributed by atoms with Crippen LogP contribution in [0, 0.1) is 17.0 Å². The van der Waals surface area contributed by atoms with Gasteiger partial charge in [0, 0.05) is 24.9 Å². The molecule has 30 heavy (non-hydrogen) atoms. The molecule has 0 saturated carbocycles. The van der Waals surface area contributed by atoms with Crippen molar-refractivity contribution in [2.75, 3.05) is 7.11 Å². The van der Waals surface area contributed by atoms with Gasteiger partial charge in [-0.15, -0.1) is 0 Å². The Hall–Kier alpha value is -3.94. The van der Waals surface area contributed by atoms with Crippen molar-refractivity contribution in [2.45, 2.75) is 13.5 Å². The summed E-state index contributed by atoms with van der Waals surface area (Å²) in [6.45, 7) is 1.85. The average molecular weight is 407 g/mol. The van der Waals surface area contributed by atoms with Crippen molar-refractivity contribution in [1.82, 2.24) is 9.78 Å². The van der Waals surface area contributed by atoms with Crippen LogP contribution in [0.25, 0.3) is 6.08 Å². The predicted octanol–water partition coefficient (Wildman–Crippen LogP) is 4.12. The van der Waals surface area contributed by atoms with E-state index in [1.165, 1.54) is 19.3 Å². The zero-order chi connectivity index (χ0) is 21.7. The van der Waals surface area contributed by atoms with E-state index in [4.69, 9.17) is 9.47 Å². The van der Waals surface area contributed by atoms with Gasteiger partial charge in [0.05, 0.1) is 12.0 Å². The van der Waals surface area contributed by atoms with Gasteiger partial charge in [-0.1, -0.05) is 18.2 Å². The lowest BCUT2D eigenvalue weighted by atomic mass is 10.1. The third kappa shape index (κ3) is 4.91. The molecule has 154 valence electrons. The molecular formula is C22H21N3O5. The molecular weight excluding hydrogens is 386 g/mol. The van der Waals surface area contributed by atoms with Gasteiger partial charge < -0.3 is 9.47 Å². The molecule has 0 aliphatic heterocycles. The van der Waals surface area contributed by atoms with Crippen LogP contribution in [0.15, 0.2) is 54.7 Å². The zero-order valence-electron chi connectivity index (χ0n) is 16.9. The highest BCUT2D eigenvalue weighted by Crippen LogP contribution is 2.30. The number of allylic oxidation sites excluding steroid dienone is 1. The highest BCUT2D eigenvalue weighted by Gasteiger charge is 2.16. The highest BCUT2D eigenvalue weighted by atomic mass is 16.6. The smallest absolute Gasteiger partial charge is 0.311 e. The summed E-state index contributed by atoms with van der Waals surface area (Å²) in [5.41, 5.74) is 2.50. The molecule has 0 aliphatic rings. The van der Waals surface area contributed by atoms with Gasteiger partial charge in [-0.05, 0) is 48.4 Å². The normalized spacial score (nSPS) is 10.9. The summed E-state index contributed by atoms with van der Waals surface area (Å²) < 4.78 is 12.6. The summed E-state index contributed by atoms with van der Waals surface area (Å²) >= 11 is 0. The summed E-state index contributed by atoms with van der Waals surface area (Å²) in [6, 6.07) is 11.8. The first kappa shape index (κ1) is 20.8. The van der Waals surface area contributed by atoms with Gasteiger partial charge in [0.1, 0.15) is 18.1 Å². The third-order valence-electron chi connectivity index (χ3n) is 4.39. The number of ketones is 1. The number of rotatable bonds is 8. The molecule has 0 saturated heterocycles. The molecule has 0 fully saturated rings. The predicted molar refractivity (Wildman–Crippen MR) is 112 cm³/mol. The fraction of sp³-hybridized carbons (Fsp3) is 0.182. The molecule has 0 bridgehead atoms. The molecule has 0 N–H and O–H groups in total. The number of benzene rings is 2. The van der Waals surface area contributed by atoms with Crippen molar-refractivity contribution in [3.05, 3.63) is 87.2 Å². The number of methoxy groups -OCH3 is 1. The number of aryl methyl sites for hydroxylation is 2. The Balaban J connectivity index is 1.79. The number of nitrogens with zero attached hydrogens (tertiary/aromatic N) is 3. The quantitative estimate of drug-likeness (QED) is 0.241. The molecule has 0 amide bonds. The Bertz CT molecular complexity index is 1120. The van der Waals surface area contributed by atoms with Crippen LogP contribution in [-0.2, 0) is 13.7 Å². The van der Waals surface area contributed by atoms with Gasteiger partial charge in [0.25, 0.3) is 0 Å². The number of hydrogen-bond acceptors (Lipinski definition) is 6. The van der Waals surface area contributed by atoms with Crippen LogP contribution in [0.3, 0.4) is 0 Å². The number of carbonyl (C=O) groups is 1. The molecule has 1 aromatic heterocycles. The van der Waals surface area contributed by atoms with E-state index in [1.807, 2.05) is 0 Å². The van der Waals surface area contributed by atoms with Crippen molar-refractivity contribution in [3.63, 3.8) is 0 Å². The van der Waals surface area contributed by atoms with Crippen molar-refractivity contribution >= 4 is 17.5 Å². The fourth-order valence-electron chi connectivity index (χ4n) is 2.87. The standard InChI is InChI=1S/C22H21N3O5/c1-15-4-8-22(19(12-15)25(27)28)30-14-17-13-16(6-9-21(17)29-3)5-7-20(26)18-10-11-24(2)23-18/h4-13H,14H2,1-3H3/b7-5+. The SMILES string of the molecule is COc1ccc(/C=C/C(=O)c2ccn(C)n2)cc1COc1ccc(C)cc1[N+](=O)[O-]. The summed E-state index contributed by atoms with van der Waals surface area (Å²) in [4.78, 5) is 23.0. The Kier molecular flexibility index (Phi) is 6.26. The Morgan fingerprint density at radius 1 is 1.20 bits per heavy atom. The molecule has 0 aliphatic carbocycles. The maximum atomic E-state index is 12.2. The lowest BCUT2D eigenvalue weighted by Crippen LogP contribution is -2.02. The first-order valence-corrected chi connectivity index (χ1v) is 9.14. The summed E-state index contributed by atoms with van der Waals surface area (Å²) in [7, 11) is 3.28. The van der Waals surface area contributed by atoms with Gasteiger partial charge in [0.15, 0.2) is 5.75 Å². The minimum atomic E-state index is -0.470. The number of hydrogen-bond donors (Lipinski definition) is 0. The van der Waals surface area contributed by atoms with Crippen molar-refractivity contribution < 1.29 is 19.2 Å². The minimum absolute atomic E-state index is 0.0724. The number of carbonyl (C=O) groups excluding carboxylic acids is 1. The lowest BCUT2D eigenvalue weighted by Gasteiger charge is -2.11. The topological polar surface area (TPSA) is 96.5 Å². The average Bonchev–Trinajstić information content (AvgIpc) is 3.17. The second-order valence-electron chi connectivity index (χ2n) is 6.66. The highest BCUT2D eigenvalue weighted by molar-refractivity contribution is 6.05. The van der Waals surface area contributed by atoms with Gasteiger partial charge >= 0.3 is 5.69 Å². The molecule has 2 aromatic carbocycles. The van der Waals surface area contributed by atoms with Crippen LogP contribution < -0.4 is 9.47 Å². The number of nitro groups is 1. The van der Waals surface area contributed by atoms with Gasteiger partial charge in [-0.2, -0.15) is 5.10 Å². The molecule has 0 radical (unpaired) electrons. The number of ether oxygens (including phenoxy) is 2. The third-order valence-corrected chi connectivity index (χ3v) is 4.39. The number of aromatic nitrogens is 2. The van der Waals surface area contributed by atoms with E-state index in [0.29, 0.717) is 17.0 Å². The summed E-state index contributed by atoms with van der Waals surface area (Å²) in [5, 5.41) is 15.4. The van der Waals surface area contributed by atoms with E-state index in [0.717, 1.165) is 11.1 Å². The second-order valence-corrected chi connectivity index (χ2v) is 6.66. The summed E-state index contributed by atoms with van der Waals surface area (Å²) in [5.74, 6) is 0.552. The van der Waals surface area contributed by atoms with Crippen molar-refractivity contribution in [3.8, 4) is 11.5 Å². The lowest BCUT2D eigenvalue weighted by molar-refractivity contribution is -0.386. The maximum absolute atomic E-state index is 12.2. The van der Waals surface area contributed by atoms with E-state index < -0.39 is 4.92 Å². The largest absolute Gasteiger partial charge is 0.496 e. The molecule has 8 heteroatoms. The van der Waals surface area contributed by atoms with E-state index >= 15 is 0 Å². The van der Waals surface area contributed by atoms with Crippen LogP contribution >= 0.6 is 0 Å². The summed E-state index contributed by atoms with van der Waals surface area (Å²) in [6.07, 6.45) is 4.82. The fourth-order valence-corrected chi connectivity index (χ4v) is 2.87. The first-order valence-electron chi connectivity index (χ1n) is 9.14. The maximum Gasteiger partial charge on any atom is 0.311 e. The van der Waals surface area contributed by atoms with Crippen LogP contribution in [0.5, 0.6) is 11.5 Å². The van der Waals surface area contributed by atoms with E-state index in [1.54, 1.807) is 67.3 Å². The molecule has 3 rings (SSSR count). The molecule has 0 spiro atoms. The van der Waals surface area contributed by atoms with Crippen LogP contribution in [-0.4, -0.2) is 27.6 Å². The van der Waals surface area contributed by atoms with E-state index in [9.17, 15) is 14.9 Å². The van der Waals surface area contributed by atoms with Crippen molar-refractivity contribution in [1.29, 1.82) is 0 Å². The Morgan fingerprint density at radius 3 is 2.63 bits per heavy atom. The van der Waals surface area contributed by atoms with E-state index in [-0.39, 0.29) is 23.8 Å². The number of nitro benzene ring substituents is 1. The van der Waals surface area contributed by atoms with E-state index in [2.05, 4.69) is 5.10 Å². The van der Waals surface area contributed by atoms with Crippen LogP contribution in [0.2, 0.25) is 0 Å². The zero-order valence-corrected chi connectivity index (χ0v) is 16.9. The van der Waals surface area contributed by atoms with Gasteiger partial charge in [-0.25, -0.2) is 0 Å². The minimum Gasteiger partial charge on any atom is -0.496 e. The van der Waals surface area contributed by atoms with Crippen molar-refractivity contribution in [2.24, 2.45) is 7.05 Å². The molecule has 8 nitrogen and oxygen atoms in total. The molecule has 0 atom stereocenters. The Morgan fingerprint density at radius 2 is 1.97 bits per heavy atom. The first-order chi connectivity index (χ1) is 14.4. The second kappa shape index (κ2) is 9.04. The van der Waals surface area contributed by atoms with Gasteiger partial charge in [-0.3, -0.25) is 19.6 Å². The molecule has 1 heterocycles.